The summed E-state index contributed by atoms with van der Waals surface area (Å²) < 4.78 is 6.51. The van der Waals surface area contributed by atoms with Crippen LogP contribution in [0.3, 0.4) is 0 Å². The zero-order chi connectivity index (χ0) is 11.4. The maximum absolute atomic E-state index is 5.99. The highest BCUT2D eigenvalue weighted by Crippen LogP contribution is 2.23. The van der Waals surface area contributed by atoms with Crippen LogP contribution in [0.4, 0.5) is 0 Å². The summed E-state index contributed by atoms with van der Waals surface area (Å²) in [5.74, 6) is 0.863. The Balaban J connectivity index is 2.03. The maximum atomic E-state index is 5.99. The summed E-state index contributed by atoms with van der Waals surface area (Å²) in [6, 6.07) is 15.5. The fraction of sp³-hybridized carbons (Fsp3) is 0.0769. The van der Waals surface area contributed by atoms with Crippen molar-refractivity contribution in [2.45, 2.75) is 6.61 Å². The Bertz CT molecular complexity index is 471. The molecule has 1 nitrogen and oxygen atoms in total. The summed E-state index contributed by atoms with van der Waals surface area (Å²) in [5, 5.41) is 0.703. The number of benzene rings is 2. The predicted molar refractivity (Wildman–Crippen MR) is 69.9 cm³/mol. The van der Waals surface area contributed by atoms with E-state index in [1.54, 1.807) is 0 Å². The number of hydrogen-bond acceptors (Lipinski definition) is 1. The van der Waals surface area contributed by atoms with Crippen LogP contribution in [0.5, 0.6) is 5.75 Å². The summed E-state index contributed by atoms with van der Waals surface area (Å²) >= 11 is 9.35. The van der Waals surface area contributed by atoms with Crippen molar-refractivity contribution in [3.05, 3.63) is 63.6 Å². The fourth-order valence-corrected chi connectivity index (χ4v) is 1.76. The SMILES string of the molecule is Clc1cc(COc2ccccc2)ccc1Br. The van der Waals surface area contributed by atoms with Crippen molar-refractivity contribution in [2.75, 3.05) is 0 Å². The Morgan fingerprint density at radius 2 is 1.81 bits per heavy atom. The first-order valence-electron chi connectivity index (χ1n) is 4.87. The molecule has 2 aromatic carbocycles. The largest absolute Gasteiger partial charge is 0.489 e. The molecule has 2 rings (SSSR count). The first-order chi connectivity index (χ1) is 7.75. The molecular weight excluding hydrogens is 287 g/mol. The summed E-state index contributed by atoms with van der Waals surface area (Å²) in [7, 11) is 0. The van der Waals surface area contributed by atoms with E-state index in [0.29, 0.717) is 11.6 Å². The first kappa shape index (κ1) is 11.5. The van der Waals surface area contributed by atoms with Crippen LogP contribution in [0.2, 0.25) is 5.02 Å². The maximum Gasteiger partial charge on any atom is 0.119 e. The molecule has 0 saturated carbocycles. The third-order valence-corrected chi connectivity index (χ3v) is 3.37. The van der Waals surface area contributed by atoms with Gasteiger partial charge in [0, 0.05) is 4.47 Å². The molecule has 0 aliphatic carbocycles. The van der Waals surface area contributed by atoms with Gasteiger partial charge in [-0.2, -0.15) is 0 Å². The second-order valence-electron chi connectivity index (χ2n) is 3.35. The monoisotopic (exact) mass is 296 g/mol. The van der Waals surface area contributed by atoms with E-state index < -0.39 is 0 Å². The van der Waals surface area contributed by atoms with Crippen LogP contribution >= 0.6 is 27.5 Å². The number of halogens is 2. The van der Waals surface area contributed by atoms with Crippen molar-refractivity contribution in [3.8, 4) is 5.75 Å². The first-order valence-corrected chi connectivity index (χ1v) is 6.04. The van der Waals surface area contributed by atoms with Gasteiger partial charge in [0.1, 0.15) is 12.4 Å². The summed E-state index contributed by atoms with van der Waals surface area (Å²) in [4.78, 5) is 0. The van der Waals surface area contributed by atoms with Crippen LogP contribution in [0.1, 0.15) is 5.56 Å². The van der Waals surface area contributed by atoms with Crippen molar-refractivity contribution >= 4 is 27.5 Å². The quantitative estimate of drug-likeness (QED) is 0.799. The molecule has 0 aliphatic rings. The molecule has 0 atom stereocenters. The molecule has 0 bridgehead atoms. The third-order valence-electron chi connectivity index (χ3n) is 2.13. The van der Waals surface area contributed by atoms with Crippen molar-refractivity contribution in [2.24, 2.45) is 0 Å². The van der Waals surface area contributed by atoms with Gasteiger partial charge in [0.15, 0.2) is 0 Å². The van der Waals surface area contributed by atoms with Crippen LogP contribution in [-0.2, 0) is 6.61 Å². The Morgan fingerprint density at radius 3 is 2.50 bits per heavy atom. The lowest BCUT2D eigenvalue weighted by atomic mass is 10.2. The van der Waals surface area contributed by atoms with Crippen LogP contribution < -0.4 is 4.74 Å². The zero-order valence-electron chi connectivity index (χ0n) is 8.49. The molecule has 82 valence electrons. The Hall–Kier alpha value is -0.990. The molecule has 0 amide bonds. The van der Waals surface area contributed by atoms with Gasteiger partial charge in [0.05, 0.1) is 5.02 Å². The average Bonchev–Trinajstić information content (AvgIpc) is 2.32. The second kappa shape index (κ2) is 5.37. The minimum absolute atomic E-state index is 0.525. The van der Waals surface area contributed by atoms with Gasteiger partial charge in [0.2, 0.25) is 0 Å². The minimum atomic E-state index is 0.525. The van der Waals surface area contributed by atoms with Gasteiger partial charge in [0.25, 0.3) is 0 Å². The highest BCUT2D eigenvalue weighted by Gasteiger charge is 1.99. The highest BCUT2D eigenvalue weighted by atomic mass is 79.9. The Labute approximate surface area is 108 Å². The van der Waals surface area contributed by atoms with Crippen molar-refractivity contribution in [1.29, 1.82) is 0 Å². The lowest BCUT2D eigenvalue weighted by Crippen LogP contribution is -1.94. The van der Waals surface area contributed by atoms with Crippen LogP contribution in [-0.4, -0.2) is 0 Å². The molecule has 0 aliphatic heterocycles. The van der Waals surface area contributed by atoms with E-state index in [-0.39, 0.29) is 0 Å². The molecule has 0 saturated heterocycles. The number of ether oxygens (including phenoxy) is 1. The van der Waals surface area contributed by atoms with Crippen molar-refractivity contribution in [3.63, 3.8) is 0 Å². The van der Waals surface area contributed by atoms with Gasteiger partial charge >= 0.3 is 0 Å². The summed E-state index contributed by atoms with van der Waals surface area (Å²) in [6.07, 6.45) is 0. The lowest BCUT2D eigenvalue weighted by Gasteiger charge is -2.06. The molecule has 16 heavy (non-hydrogen) atoms. The van der Waals surface area contributed by atoms with Gasteiger partial charge in [-0.15, -0.1) is 0 Å². The Kier molecular flexibility index (Phi) is 3.86. The fourth-order valence-electron chi connectivity index (χ4n) is 1.31. The normalized spacial score (nSPS) is 10.1. The predicted octanol–water partition coefficient (Wildman–Crippen LogP) is 4.68. The number of para-hydroxylation sites is 1. The van der Waals surface area contributed by atoms with Gasteiger partial charge in [-0.1, -0.05) is 35.9 Å². The van der Waals surface area contributed by atoms with Gasteiger partial charge in [-0.05, 0) is 45.8 Å². The van der Waals surface area contributed by atoms with E-state index in [2.05, 4.69) is 15.9 Å². The van der Waals surface area contributed by atoms with Gasteiger partial charge in [-0.25, -0.2) is 0 Å². The molecular formula is C13H10BrClO. The molecule has 0 radical (unpaired) electrons. The van der Waals surface area contributed by atoms with Gasteiger partial charge in [-0.3, -0.25) is 0 Å². The molecule has 0 heterocycles. The van der Waals surface area contributed by atoms with Crippen LogP contribution in [0, 0.1) is 0 Å². The molecule has 0 aromatic heterocycles. The van der Waals surface area contributed by atoms with Crippen LogP contribution in [0.25, 0.3) is 0 Å². The molecule has 0 unspecified atom stereocenters. The van der Waals surface area contributed by atoms with Crippen molar-refractivity contribution in [1.82, 2.24) is 0 Å². The smallest absolute Gasteiger partial charge is 0.119 e. The summed E-state index contributed by atoms with van der Waals surface area (Å²) in [6.45, 7) is 0.525. The van der Waals surface area contributed by atoms with E-state index in [0.717, 1.165) is 15.8 Å². The molecule has 3 heteroatoms. The molecule has 0 spiro atoms. The van der Waals surface area contributed by atoms with E-state index >= 15 is 0 Å². The number of hydrogen-bond donors (Lipinski definition) is 0. The minimum Gasteiger partial charge on any atom is -0.489 e. The zero-order valence-corrected chi connectivity index (χ0v) is 10.8. The van der Waals surface area contributed by atoms with E-state index in [4.69, 9.17) is 16.3 Å². The van der Waals surface area contributed by atoms with Gasteiger partial charge < -0.3 is 4.74 Å². The molecule has 0 N–H and O–H groups in total. The van der Waals surface area contributed by atoms with Crippen LogP contribution in [0.15, 0.2) is 53.0 Å². The topological polar surface area (TPSA) is 9.23 Å². The molecule has 2 aromatic rings. The highest BCUT2D eigenvalue weighted by molar-refractivity contribution is 9.10. The summed E-state index contributed by atoms with van der Waals surface area (Å²) in [5.41, 5.74) is 1.05. The second-order valence-corrected chi connectivity index (χ2v) is 4.61. The Morgan fingerprint density at radius 1 is 1.06 bits per heavy atom. The number of rotatable bonds is 3. The lowest BCUT2D eigenvalue weighted by molar-refractivity contribution is 0.306. The van der Waals surface area contributed by atoms with Crippen molar-refractivity contribution < 1.29 is 4.74 Å². The average molecular weight is 298 g/mol. The van der Waals surface area contributed by atoms with E-state index in [9.17, 15) is 0 Å². The van der Waals surface area contributed by atoms with E-state index in [1.165, 1.54) is 0 Å². The third kappa shape index (κ3) is 3.00. The molecule has 0 fully saturated rings. The van der Waals surface area contributed by atoms with E-state index in [1.807, 2.05) is 48.5 Å². The standard InChI is InChI=1S/C13H10BrClO/c14-12-7-6-10(8-13(12)15)9-16-11-4-2-1-3-5-11/h1-8H,9H2.